The molecule has 2 saturated carbocycles. The molecule has 1 amide bonds. The van der Waals surface area contributed by atoms with Crippen LogP contribution in [0, 0.1) is 0 Å². The minimum atomic E-state index is -0.500. The zero-order valence-corrected chi connectivity index (χ0v) is 21.7. The van der Waals surface area contributed by atoms with Gasteiger partial charge in [-0.05, 0) is 55.3 Å². The Morgan fingerprint density at radius 2 is 1.47 bits per heavy atom. The molecule has 2 aliphatic carbocycles. The maximum absolute atomic E-state index is 13.6. The van der Waals surface area contributed by atoms with Crippen LogP contribution in [0.5, 0.6) is 0 Å². The number of hydrogen-bond acceptors (Lipinski definition) is 5. The Morgan fingerprint density at radius 1 is 0.816 bits per heavy atom. The van der Waals surface area contributed by atoms with E-state index < -0.39 is 5.97 Å². The van der Waals surface area contributed by atoms with Crippen LogP contribution in [0.1, 0.15) is 74.6 Å². The van der Waals surface area contributed by atoms with Crippen LogP contribution >= 0.6 is 0 Å². The molecular weight excluding hydrogens is 476 g/mol. The Kier molecular flexibility index (Phi) is 7.12. The van der Waals surface area contributed by atoms with Gasteiger partial charge in [0, 0.05) is 23.0 Å². The number of fused-ring (bicyclic) bond motifs is 2. The highest BCUT2D eigenvalue weighted by atomic mass is 16.5. The van der Waals surface area contributed by atoms with Crippen molar-refractivity contribution in [2.24, 2.45) is 0 Å². The van der Waals surface area contributed by atoms with E-state index >= 15 is 0 Å². The molecule has 0 N–H and O–H groups in total. The van der Waals surface area contributed by atoms with Crippen LogP contribution in [-0.4, -0.2) is 40.5 Å². The molecule has 3 aromatic carbocycles. The van der Waals surface area contributed by atoms with Gasteiger partial charge in [0.15, 0.2) is 12.2 Å². The standard InChI is InChI=1S/C32H34N2O4/c35-29(34(23-13-3-1-4-14-23)24-15-5-2-6-16-24)21-37-32(36)26-18-10-12-22-11-9-17-25(30(22)26)31-33-27-19-7-8-20-28(27)38-31/h7-12,17-20,23-24H,1-6,13-16,21H2. The number of nitrogens with zero attached hydrogens (tertiary/aromatic N) is 2. The van der Waals surface area contributed by atoms with Gasteiger partial charge in [-0.3, -0.25) is 4.79 Å². The van der Waals surface area contributed by atoms with Crippen molar-refractivity contribution >= 4 is 33.7 Å². The van der Waals surface area contributed by atoms with Crippen molar-refractivity contribution in [3.63, 3.8) is 0 Å². The highest BCUT2D eigenvalue weighted by Gasteiger charge is 2.33. The number of esters is 1. The van der Waals surface area contributed by atoms with Crippen molar-refractivity contribution in [2.45, 2.75) is 76.3 Å². The van der Waals surface area contributed by atoms with E-state index in [-0.39, 0.29) is 24.6 Å². The Bertz CT molecular complexity index is 1390. The number of para-hydroxylation sites is 2. The first-order valence-electron chi connectivity index (χ1n) is 14.0. The van der Waals surface area contributed by atoms with Crippen LogP contribution in [0.2, 0.25) is 0 Å². The summed E-state index contributed by atoms with van der Waals surface area (Å²) in [4.78, 5) is 33.8. The molecule has 4 aromatic rings. The van der Waals surface area contributed by atoms with Gasteiger partial charge in [0.1, 0.15) is 5.52 Å². The Balaban J connectivity index is 1.26. The van der Waals surface area contributed by atoms with E-state index in [1.165, 1.54) is 12.8 Å². The average Bonchev–Trinajstić information content (AvgIpc) is 3.41. The molecule has 0 radical (unpaired) electrons. The van der Waals surface area contributed by atoms with E-state index in [9.17, 15) is 9.59 Å². The Hall–Kier alpha value is -3.67. The quantitative estimate of drug-likeness (QED) is 0.255. The fourth-order valence-corrected chi connectivity index (χ4v) is 6.38. The molecule has 2 aliphatic rings. The molecular formula is C32H34N2O4. The number of aromatic nitrogens is 1. The molecule has 0 atom stereocenters. The van der Waals surface area contributed by atoms with Crippen molar-refractivity contribution in [2.75, 3.05) is 6.61 Å². The lowest BCUT2D eigenvalue weighted by Crippen LogP contribution is -2.50. The summed E-state index contributed by atoms with van der Waals surface area (Å²) in [6, 6.07) is 19.5. The third kappa shape index (κ3) is 4.92. The molecule has 196 valence electrons. The molecule has 1 heterocycles. The zero-order valence-electron chi connectivity index (χ0n) is 21.7. The van der Waals surface area contributed by atoms with E-state index in [0.29, 0.717) is 17.0 Å². The van der Waals surface area contributed by atoms with Gasteiger partial charge >= 0.3 is 5.97 Å². The van der Waals surface area contributed by atoms with Gasteiger partial charge in [-0.15, -0.1) is 0 Å². The third-order valence-electron chi connectivity index (χ3n) is 8.20. The van der Waals surface area contributed by atoms with Crippen LogP contribution in [0.4, 0.5) is 0 Å². The van der Waals surface area contributed by atoms with E-state index in [4.69, 9.17) is 9.15 Å². The number of amides is 1. The summed E-state index contributed by atoms with van der Waals surface area (Å²) in [6.45, 7) is -0.229. The molecule has 1 aromatic heterocycles. The first-order valence-corrected chi connectivity index (χ1v) is 14.0. The van der Waals surface area contributed by atoms with Crippen molar-refractivity contribution < 1.29 is 18.7 Å². The van der Waals surface area contributed by atoms with Crippen LogP contribution in [-0.2, 0) is 9.53 Å². The molecule has 0 unspecified atom stereocenters. The summed E-state index contributed by atoms with van der Waals surface area (Å²) in [5.41, 5.74) is 2.59. The van der Waals surface area contributed by atoms with Crippen molar-refractivity contribution in [3.05, 3.63) is 66.2 Å². The maximum Gasteiger partial charge on any atom is 0.339 e. The number of hydrogen-bond donors (Lipinski definition) is 0. The van der Waals surface area contributed by atoms with Gasteiger partial charge < -0.3 is 14.1 Å². The van der Waals surface area contributed by atoms with Gasteiger partial charge in [0.2, 0.25) is 5.89 Å². The van der Waals surface area contributed by atoms with Gasteiger partial charge in [0.25, 0.3) is 5.91 Å². The second kappa shape index (κ2) is 11.0. The minimum absolute atomic E-state index is 0.0587. The van der Waals surface area contributed by atoms with Crippen molar-refractivity contribution in [1.82, 2.24) is 9.88 Å². The fraction of sp³-hybridized carbons (Fsp3) is 0.406. The monoisotopic (exact) mass is 510 g/mol. The lowest BCUT2D eigenvalue weighted by molar-refractivity contribution is -0.141. The number of carbonyl (C=O) groups excluding carboxylic acids is 2. The van der Waals surface area contributed by atoms with E-state index in [1.807, 2.05) is 54.6 Å². The maximum atomic E-state index is 13.6. The van der Waals surface area contributed by atoms with Gasteiger partial charge in [-0.1, -0.05) is 74.9 Å². The predicted octanol–water partition coefficient (Wildman–Crippen LogP) is 7.30. The lowest BCUT2D eigenvalue weighted by Gasteiger charge is -2.41. The number of carbonyl (C=O) groups is 2. The van der Waals surface area contributed by atoms with Crippen LogP contribution in [0.25, 0.3) is 33.3 Å². The summed E-state index contributed by atoms with van der Waals surface area (Å²) in [5.74, 6) is -0.106. The minimum Gasteiger partial charge on any atom is -0.452 e. The molecule has 38 heavy (non-hydrogen) atoms. The molecule has 0 aliphatic heterocycles. The van der Waals surface area contributed by atoms with Crippen LogP contribution < -0.4 is 0 Å². The first-order chi connectivity index (χ1) is 18.7. The van der Waals surface area contributed by atoms with Gasteiger partial charge in [-0.2, -0.15) is 0 Å². The molecule has 0 saturated heterocycles. The highest BCUT2D eigenvalue weighted by Crippen LogP contribution is 2.34. The number of benzene rings is 3. The molecule has 0 bridgehead atoms. The predicted molar refractivity (Wildman–Crippen MR) is 148 cm³/mol. The summed E-state index contributed by atoms with van der Waals surface area (Å²) in [7, 11) is 0. The third-order valence-corrected chi connectivity index (χ3v) is 8.20. The van der Waals surface area contributed by atoms with Crippen LogP contribution in [0.3, 0.4) is 0 Å². The first kappa shape index (κ1) is 24.7. The number of rotatable bonds is 6. The topological polar surface area (TPSA) is 72.6 Å². The molecule has 6 nitrogen and oxygen atoms in total. The Labute approximate surface area is 223 Å². The summed E-state index contributed by atoms with van der Waals surface area (Å²) < 4.78 is 11.8. The molecule has 2 fully saturated rings. The fourth-order valence-electron chi connectivity index (χ4n) is 6.38. The summed E-state index contributed by atoms with van der Waals surface area (Å²) in [6.07, 6.45) is 11.3. The van der Waals surface area contributed by atoms with Crippen molar-refractivity contribution in [1.29, 1.82) is 0 Å². The van der Waals surface area contributed by atoms with E-state index in [1.54, 1.807) is 6.07 Å². The second-order valence-corrected chi connectivity index (χ2v) is 10.7. The largest absolute Gasteiger partial charge is 0.452 e. The van der Waals surface area contributed by atoms with E-state index in [0.717, 1.165) is 73.2 Å². The molecule has 6 rings (SSSR count). The number of ether oxygens (including phenoxy) is 1. The highest BCUT2D eigenvalue weighted by molar-refractivity contribution is 6.10. The zero-order chi connectivity index (χ0) is 25.9. The van der Waals surface area contributed by atoms with E-state index in [2.05, 4.69) is 9.88 Å². The number of oxazole rings is 1. The van der Waals surface area contributed by atoms with Crippen molar-refractivity contribution in [3.8, 4) is 11.5 Å². The summed E-state index contributed by atoms with van der Waals surface area (Å²) in [5, 5.41) is 1.60. The Morgan fingerprint density at radius 3 is 2.16 bits per heavy atom. The van der Waals surface area contributed by atoms with Crippen LogP contribution in [0.15, 0.2) is 65.1 Å². The SMILES string of the molecule is O=C(OCC(=O)N(C1CCCCC1)C1CCCCC1)c1cccc2cccc(-c3nc4ccccc4o3)c12. The molecule has 6 heteroatoms. The molecule has 0 spiro atoms. The normalized spacial score (nSPS) is 17.1. The van der Waals surface area contributed by atoms with Gasteiger partial charge in [-0.25, -0.2) is 9.78 Å². The smallest absolute Gasteiger partial charge is 0.339 e. The summed E-state index contributed by atoms with van der Waals surface area (Å²) >= 11 is 0. The van der Waals surface area contributed by atoms with Gasteiger partial charge in [0.05, 0.1) is 5.56 Å². The second-order valence-electron chi connectivity index (χ2n) is 10.7. The lowest BCUT2D eigenvalue weighted by atomic mass is 9.88. The average molecular weight is 511 g/mol.